The van der Waals surface area contributed by atoms with Gasteiger partial charge in [0.05, 0.1) is 45.3 Å². The number of nitrogens with zero attached hydrogens (tertiary/aromatic N) is 6. The Morgan fingerprint density at radius 1 is 0.828 bits per heavy atom. The predicted octanol–water partition coefficient (Wildman–Crippen LogP) is 9.40. The number of carbonyl (C=O) groups excluding carboxylic acids is 2. The summed E-state index contributed by atoms with van der Waals surface area (Å²) in [7, 11) is -3.30. The molecule has 0 bridgehead atoms. The number of hydrogen-bond donors (Lipinski definition) is 5. The summed E-state index contributed by atoms with van der Waals surface area (Å²) < 4.78 is 73.9. The summed E-state index contributed by atoms with van der Waals surface area (Å²) in [6.07, 6.45) is -3.59. The van der Waals surface area contributed by atoms with Crippen LogP contribution >= 0.6 is 15.0 Å². The largest absolute Gasteiger partial charge is 0.497 e. The zero-order valence-corrected chi connectivity index (χ0v) is 52.9. The smallest absolute Gasteiger partial charge is 0.325 e. The lowest BCUT2D eigenvalue weighted by molar-refractivity contribution is -0.118. The SMILES string of the molecule is COc1ccc(C(OC[C@H]2O[C@@H](n3ccc4c(NC(=O)c5ccccc5)ncnc43)C(O[Si](C)(C)C(C)(C)C)[C@H]2OP(O)(=S)OC[C@@H]2CC(O[PH](=O)O)[C@H](n3cnc4c(=O)[nH]c(NC(=O)C(C)C)nc43)O2)(c2ccccc2)c2ccc(OC)cc2)cc1. The van der Waals surface area contributed by atoms with Crippen molar-refractivity contribution in [3.05, 3.63) is 167 Å². The zero-order chi connectivity index (χ0) is 62.0. The van der Waals surface area contributed by atoms with Crippen molar-refractivity contribution in [1.29, 1.82) is 0 Å². The number of benzene rings is 4. The number of amides is 2. The second-order valence-electron chi connectivity index (χ2n) is 22.7. The van der Waals surface area contributed by atoms with E-state index in [1.54, 1.807) is 69.2 Å². The summed E-state index contributed by atoms with van der Waals surface area (Å²) in [5.74, 6) is 0.0890. The molecule has 28 heteroatoms. The predicted molar refractivity (Wildman–Crippen MR) is 330 cm³/mol. The Labute approximate surface area is 508 Å². The standard InChI is InChI=1S/C59H69N9O15P2SSi/c1-35(2)52(69)65-57-64-51-46(54(71)66-57)62-34-68(51)55-44(81-84(72)73)30-42(79-55)31-78-85(74,86)82-47-45(32-77-59(37-18-14-11-15-19-37,38-20-24-40(75-6)25-21-38)39-22-26-41(76-7)27-23-39)80-56(48(47)83-87(8,9)58(3,4)5)67-29-28-43-49(60-33-61-50(43)67)63-53(70)36-16-12-10-13-17-36/h10-29,33-35,42,44-45,47-48,55-56,84H,30-32H2,1-9H3,(H,72,73)(H,74,86)(H,60,61,63,70)(H2,64,65,66,69,71)/t42-,44?,45+,47-,48?,55+,56+,85?/m0/s1. The minimum absolute atomic E-state index is 0.0200. The number of anilines is 2. The average molecular weight is 1270 g/mol. The molecular weight excluding hydrogens is 1200 g/mol. The van der Waals surface area contributed by atoms with Crippen LogP contribution in [0.2, 0.25) is 18.1 Å². The molecule has 10 rings (SSSR count). The molecule has 0 spiro atoms. The summed E-state index contributed by atoms with van der Waals surface area (Å²) in [5.41, 5.74) is 0.842. The second kappa shape index (κ2) is 26.1. The molecular formula is C59H69N9O15P2SSi. The third-order valence-corrected chi connectivity index (χ3v) is 22.3. The fourth-order valence-corrected chi connectivity index (χ4v) is 13.5. The molecule has 24 nitrogen and oxygen atoms in total. The number of imidazole rings is 1. The minimum atomic E-state index is -4.46. The number of hydrogen-bond acceptors (Lipinski definition) is 18. The molecule has 9 atom stereocenters. The van der Waals surface area contributed by atoms with Crippen molar-refractivity contribution < 1.29 is 65.6 Å². The van der Waals surface area contributed by atoms with Crippen LogP contribution < -0.4 is 25.7 Å². The van der Waals surface area contributed by atoms with Crippen LogP contribution in [0.15, 0.2) is 139 Å². The second-order valence-corrected chi connectivity index (χ2v) is 31.1. The lowest BCUT2D eigenvalue weighted by Gasteiger charge is -2.41. The Balaban J connectivity index is 1.03. The van der Waals surface area contributed by atoms with Crippen LogP contribution in [0, 0.1) is 5.92 Å². The van der Waals surface area contributed by atoms with Gasteiger partial charge in [0.15, 0.2) is 31.9 Å². The van der Waals surface area contributed by atoms with E-state index in [2.05, 4.69) is 64.4 Å². The van der Waals surface area contributed by atoms with Crippen molar-refractivity contribution in [2.45, 2.75) is 108 Å². The third kappa shape index (κ3) is 13.6. The van der Waals surface area contributed by atoms with E-state index in [-0.39, 0.29) is 41.9 Å². The molecule has 0 saturated carbocycles. The molecule has 2 amide bonds. The topological polar surface area (TPSA) is 293 Å². The number of H-pyrrole nitrogens is 1. The molecule has 87 heavy (non-hydrogen) atoms. The van der Waals surface area contributed by atoms with Gasteiger partial charge < -0.3 is 56.8 Å². The highest BCUT2D eigenvalue weighted by molar-refractivity contribution is 8.07. The van der Waals surface area contributed by atoms with Gasteiger partial charge >= 0.3 is 15.0 Å². The van der Waals surface area contributed by atoms with E-state index < -0.39 is 101 Å². The maximum Gasteiger partial charge on any atom is 0.325 e. The van der Waals surface area contributed by atoms with E-state index in [1.165, 1.54) is 17.2 Å². The van der Waals surface area contributed by atoms with Crippen LogP contribution in [0.5, 0.6) is 11.5 Å². The first kappa shape index (κ1) is 63.2. The van der Waals surface area contributed by atoms with Gasteiger partial charge in [-0.15, -0.1) is 0 Å². The molecule has 2 saturated heterocycles. The summed E-state index contributed by atoms with van der Waals surface area (Å²) in [5, 5.41) is 5.60. The van der Waals surface area contributed by atoms with Crippen LogP contribution in [0.1, 0.15) is 80.5 Å². The first-order valence-electron chi connectivity index (χ1n) is 28.0. The maximum atomic E-state index is 13.6. The molecule has 5 N–H and O–H groups in total. The molecule has 2 fully saturated rings. The highest BCUT2D eigenvalue weighted by Crippen LogP contribution is 2.53. The first-order valence-corrected chi connectivity index (χ1v) is 34.7. The summed E-state index contributed by atoms with van der Waals surface area (Å²) in [6.45, 7) is 8.62. The maximum absolute atomic E-state index is 13.6. The Hall–Kier alpha value is -6.87. The lowest BCUT2D eigenvalue weighted by atomic mass is 9.80. The van der Waals surface area contributed by atoms with Crippen molar-refractivity contribution in [2.75, 3.05) is 38.1 Å². The van der Waals surface area contributed by atoms with Gasteiger partial charge in [-0.2, -0.15) is 4.98 Å². The highest BCUT2D eigenvalue weighted by atomic mass is 32.5. The molecule has 8 aromatic rings. The number of aromatic amines is 1. The lowest BCUT2D eigenvalue weighted by Crippen LogP contribution is -2.49. The molecule has 6 heterocycles. The minimum Gasteiger partial charge on any atom is -0.497 e. The molecule has 4 unspecified atom stereocenters. The number of carbonyl (C=O) groups is 2. The molecule has 0 radical (unpaired) electrons. The van der Waals surface area contributed by atoms with Gasteiger partial charge in [-0.25, -0.2) is 15.0 Å². The fourth-order valence-electron chi connectivity index (χ4n) is 10.3. The molecule has 460 valence electrons. The van der Waals surface area contributed by atoms with Crippen molar-refractivity contribution in [3.63, 3.8) is 0 Å². The van der Waals surface area contributed by atoms with Crippen LogP contribution in [-0.2, 0) is 59.0 Å². The summed E-state index contributed by atoms with van der Waals surface area (Å²) >= 11 is 5.96. The monoisotopic (exact) mass is 1270 g/mol. The summed E-state index contributed by atoms with van der Waals surface area (Å²) in [4.78, 5) is 82.4. The van der Waals surface area contributed by atoms with E-state index in [0.29, 0.717) is 28.1 Å². The average Bonchev–Trinajstić information content (AvgIpc) is 1.85. The van der Waals surface area contributed by atoms with E-state index in [4.69, 9.17) is 58.5 Å². The molecule has 4 aromatic carbocycles. The van der Waals surface area contributed by atoms with Gasteiger partial charge in [-0.1, -0.05) is 107 Å². The van der Waals surface area contributed by atoms with E-state index in [9.17, 15) is 28.7 Å². The van der Waals surface area contributed by atoms with Crippen molar-refractivity contribution in [3.8, 4) is 11.5 Å². The summed E-state index contributed by atoms with van der Waals surface area (Å²) in [6, 6.07) is 35.3. The normalized spacial score (nSPS) is 21.0. The van der Waals surface area contributed by atoms with Gasteiger partial charge in [-0.3, -0.25) is 38.3 Å². The van der Waals surface area contributed by atoms with Crippen molar-refractivity contribution in [1.82, 2.24) is 34.1 Å². The molecule has 2 aliphatic rings. The van der Waals surface area contributed by atoms with Crippen LogP contribution in [0.25, 0.3) is 22.2 Å². The van der Waals surface area contributed by atoms with E-state index in [0.717, 1.165) is 16.7 Å². The zero-order valence-electron chi connectivity index (χ0n) is 49.2. The number of aromatic nitrogens is 7. The van der Waals surface area contributed by atoms with Gasteiger partial charge in [0.25, 0.3) is 11.5 Å². The Kier molecular flexibility index (Phi) is 18.9. The number of fused-ring (bicyclic) bond motifs is 2. The van der Waals surface area contributed by atoms with Crippen molar-refractivity contribution in [2.24, 2.45) is 5.92 Å². The first-order chi connectivity index (χ1) is 41.5. The van der Waals surface area contributed by atoms with Crippen LogP contribution in [-0.4, -0.2) is 122 Å². The fraction of sp³-hybridized carbons (Fsp3) is 0.373. The Morgan fingerprint density at radius 3 is 2.07 bits per heavy atom. The number of rotatable bonds is 23. The van der Waals surface area contributed by atoms with E-state index >= 15 is 0 Å². The third-order valence-electron chi connectivity index (χ3n) is 15.8. The highest BCUT2D eigenvalue weighted by Gasteiger charge is 2.55. The number of nitrogens with one attached hydrogen (secondary N) is 3. The van der Waals surface area contributed by atoms with E-state index in [1.807, 2.05) is 84.9 Å². The molecule has 0 aliphatic carbocycles. The Morgan fingerprint density at radius 2 is 1.46 bits per heavy atom. The number of ether oxygens (including phenoxy) is 5. The van der Waals surface area contributed by atoms with Gasteiger partial charge in [0.2, 0.25) is 11.9 Å². The molecule has 2 aliphatic heterocycles. The Bertz CT molecular complexity index is 3830. The van der Waals surface area contributed by atoms with Gasteiger partial charge in [-0.05, 0) is 89.1 Å². The van der Waals surface area contributed by atoms with Gasteiger partial charge in [0.1, 0.15) is 59.3 Å². The van der Waals surface area contributed by atoms with Crippen LogP contribution in [0.3, 0.4) is 0 Å². The van der Waals surface area contributed by atoms with Crippen molar-refractivity contribution >= 4 is 80.9 Å². The number of methoxy groups -OCH3 is 2. The van der Waals surface area contributed by atoms with Gasteiger partial charge in [0, 0.05) is 24.1 Å². The molecule has 4 aromatic heterocycles. The quantitative estimate of drug-likeness (QED) is 0.0226. The van der Waals surface area contributed by atoms with Crippen LogP contribution in [0.4, 0.5) is 11.8 Å².